The Morgan fingerprint density at radius 1 is 1.19 bits per heavy atom. The van der Waals surface area contributed by atoms with Gasteiger partial charge in [-0.05, 0) is 43.5 Å². The molecule has 1 aromatic carbocycles. The second-order valence-electron chi connectivity index (χ2n) is 8.61. The molecule has 0 radical (unpaired) electrons. The van der Waals surface area contributed by atoms with Gasteiger partial charge in [-0.2, -0.15) is 0 Å². The first-order valence-corrected chi connectivity index (χ1v) is 11.2. The van der Waals surface area contributed by atoms with Crippen molar-refractivity contribution in [3.63, 3.8) is 0 Å². The summed E-state index contributed by atoms with van der Waals surface area (Å²) in [6.07, 6.45) is 5.80. The largest absolute Gasteiger partial charge is 0.496 e. The fraction of sp³-hybridized carbons (Fsp3) is 0.417. The summed E-state index contributed by atoms with van der Waals surface area (Å²) >= 11 is 0. The Morgan fingerprint density at radius 2 is 2.06 bits per heavy atom. The molecule has 0 saturated carbocycles. The molecular weight excluding hydrogens is 404 g/mol. The summed E-state index contributed by atoms with van der Waals surface area (Å²) in [5.74, 6) is 1.39. The summed E-state index contributed by atoms with van der Waals surface area (Å²) in [4.78, 5) is 19.8. The van der Waals surface area contributed by atoms with Crippen molar-refractivity contribution in [3.8, 4) is 17.1 Å². The number of carbonyl (C=O) groups is 1. The monoisotopic (exact) mass is 432 g/mol. The molecule has 1 unspecified atom stereocenters. The molecule has 4 atom stereocenters. The highest BCUT2D eigenvalue weighted by Gasteiger charge is 2.43. The van der Waals surface area contributed by atoms with Crippen molar-refractivity contribution in [2.45, 2.75) is 32.0 Å². The van der Waals surface area contributed by atoms with Crippen molar-refractivity contribution in [3.05, 3.63) is 60.4 Å². The second kappa shape index (κ2) is 9.08. The number of para-hydroxylation sites is 1. The molecule has 3 aromatic rings. The van der Waals surface area contributed by atoms with Crippen molar-refractivity contribution < 1.29 is 9.53 Å². The van der Waals surface area contributed by atoms with Crippen molar-refractivity contribution in [2.75, 3.05) is 20.2 Å². The Balaban J connectivity index is 1.19. The molecule has 1 N–H and O–H groups in total. The van der Waals surface area contributed by atoms with Gasteiger partial charge in [-0.3, -0.25) is 19.4 Å². The number of rotatable bonds is 7. The van der Waals surface area contributed by atoms with E-state index < -0.39 is 0 Å². The number of amides is 1. The van der Waals surface area contributed by atoms with Gasteiger partial charge in [0.1, 0.15) is 11.4 Å². The number of benzene rings is 1. The third-order valence-electron chi connectivity index (χ3n) is 6.72. The quantitative estimate of drug-likeness (QED) is 0.617. The average Bonchev–Trinajstić information content (AvgIpc) is 3.32. The van der Waals surface area contributed by atoms with E-state index in [4.69, 9.17) is 4.74 Å². The normalized spacial score (nSPS) is 24.3. The maximum Gasteiger partial charge on any atom is 0.224 e. The van der Waals surface area contributed by atoms with Gasteiger partial charge in [0.25, 0.3) is 0 Å². The van der Waals surface area contributed by atoms with Crippen LogP contribution in [0.3, 0.4) is 0 Å². The lowest BCUT2D eigenvalue weighted by molar-refractivity contribution is -0.133. The number of hydrogen-bond donors (Lipinski definition) is 1. The molecule has 3 fully saturated rings. The van der Waals surface area contributed by atoms with Crippen LogP contribution >= 0.6 is 0 Å². The van der Waals surface area contributed by atoms with Crippen LogP contribution in [0.2, 0.25) is 0 Å². The first-order valence-electron chi connectivity index (χ1n) is 11.2. The Bertz CT molecular complexity index is 1070. The molecule has 0 aliphatic carbocycles. The maximum atomic E-state index is 13.0. The number of piperidine rings is 3. The Morgan fingerprint density at radius 3 is 2.84 bits per heavy atom. The summed E-state index contributed by atoms with van der Waals surface area (Å²) < 4.78 is 7.31. The van der Waals surface area contributed by atoms with E-state index in [0.29, 0.717) is 18.5 Å². The van der Waals surface area contributed by atoms with Gasteiger partial charge in [0, 0.05) is 30.9 Å². The highest BCUT2D eigenvalue weighted by Crippen LogP contribution is 2.37. The van der Waals surface area contributed by atoms with Crippen molar-refractivity contribution in [1.82, 2.24) is 30.2 Å². The van der Waals surface area contributed by atoms with Crippen LogP contribution in [0, 0.1) is 11.8 Å². The Hall–Kier alpha value is -3.26. The van der Waals surface area contributed by atoms with Crippen molar-refractivity contribution >= 4 is 5.91 Å². The molecular formula is C24H28N6O2. The van der Waals surface area contributed by atoms with Crippen LogP contribution in [0.25, 0.3) is 11.4 Å². The average molecular weight is 433 g/mol. The number of nitrogens with zero attached hydrogens (tertiary/aromatic N) is 5. The van der Waals surface area contributed by atoms with Crippen LogP contribution in [-0.2, 0) is 17.9 Å². The van der Waals surface area contributed by atoms with Gasteiger partial charge >= 0.3 is 0 Å². The third kappa shape index (κ3) is 4.23. The summed E-state index contributed by atoms with van der Waals surface area (Å²) in [7, 11) is 1.66. The van der Waals surface area contributed by atoms with E-state index in [1.54, 1.807) is 13.3 Å². The molecule has 3 saturated heterocycles. The predicted molar refractivity (Wildman–Crippen MR) is 120 cm³/mol. The predicted octanol–water partition coefficient (Wildman–Crippen LogP) is 2.38. The first kappa shape index (κ1) is 20.6. The van der Waals surface area contributed by atoms with Crippen molar-refractivity contribution in [2.24, 2.45) is 11.8 Å². The number of methoxy groups -OCH3 is 1. The zero-order valence-electron chi connectivity index (χ0n) is 18.2. The lowest BCUT2D eigenvalue weighted by Gasteiger charge is -2.49. The maximum absolute atomic E-state index is 13.0. The first-order chi connectivity index (χ1) is 15.7. The van der Waals surface area contributed by atoms with Crippen LogP contribution < -0.4 is 10.1 Å². The Kier molecular flexibility index (Phi) is 5.85. The highest BCUT2D eigenvalue weighted by atomic mass is 16.5. The van der Waals surface area contributed by atoms with Gasteiger partial charge in [-0.1, -0.05) is 29.5 Å². The fourth-order valence-corrected chi connectivity index (χ4v) is 5.02. The van der Waals surface area contributed by atoms with E-state index in [2.05, 4.69) is 25.5 Å². The van der Waals surface area contributed by atoms with Gasteiger partial charge < -0.3 is 10.1 Å². The zero-order chi connectivity index (χ0) is 21.9. The summed E-state index contributed by atoms with van der Waals surface area (Å²) in [5.41, 5.74) is 2.61. The van der Waals surface area contributed by atoms with E-state index in [-0.39, 0.29) is 11.8 Å². The van der Waals surface area contributed by atoms with Crippen LogP contribution in [-0.4, -0.2) is 57.0 Å². The van der Waals surface area contributed by atoms with Crippen LogP contribution in [0.1, 0.15) is 18.4 Å². The van der Waals surface area contributed by atoms with Crippen LogP contribution in [0.5, 0.6) is 5.75 Å². The molecule has 8 nitrogen and oxygen atoms in total. The van der Waals surface area contributed by atoms with Gasteiger partial charge in [0.2, 0.25) is 5.91 Å². The Labute approximate surface area is 187 Å². The molecule has 2 bridgehead atoms. The fourth-order valence-electron chi connectivity index (χ4n) is 5.02. The summed E-state index contributed by atoms with van der Waals surface area (Å²) in [6, 6.07) is 14.0. The number of hydrogen-bond acceptors (Lipinski definition) is 6. The van der Waals surface area contributed by atoms with Crippen molar-refractivity contribution in [1.29, 1.82) is 0 Å². The number of carbonyl (C=O) groups excluding carboxylic acids is 1. The molecule has 6 rings (SSSR count). The van der Waals surface area contributed by atoms with E-state index >= 15 is 0 Å². The minimum absolute atomic E-state index is 0.0366. The molecule has 8 heteroatoms. The van der Waals surface area contributed by atoms with Crippen LogP contribution in [0.4, 0.5) is 0 Å². The van der Waals surface area contributed by atoms with Gasteiger partial charge in [-0.25, -0.2) is 0 Å². The standard InChI is InChI=1S/C24H28N6O2/c1-32-23-8-3-2-6-18(23)13-26-24(31)20-15-29-11-9-17(20)12-19(29)14-30-16-22(27-28-30)21-7-4-5-10-25-21/h2-8,10,16-17,19-20H,9,11-15H2,1H3,(H,26,31)/t17-,19+,20+/m0/s1. The SMILES string of the molecule is COc1ccccc1CNC(=O)[C@@H]1CN2CC[C@H]1C[C@@H]2Cn1cc(-c2ccccn2)nn1. The minimum Gasteiger partial charge on any atom is -0.496 e. The number of fused-ring (bicyclic) bond motifs is 3. The van der Waals surface area contributed by atoms with Crippen LogP contribution in [0.15, 0.2) is 54.9 Å². The molecule has 0 spiro atoms. The molecule has 3 aliphatic rings. The van der Waals surface area contributed by atoms with E-state index in [9.17, 15) is 4.79 Å². The zero-order valence-corrected chi connectivity index (χ0v) is 18.2. The van der Waals surface area contributed by atoms with E-state index in [1.165, 1.54) is 0 Å². The smallest absolute Gasteiger partial charge is 0.224 e. The lowest BCUT2D eigenvalue weighted by atomic mass is 9.75. The topological polar surface area (TPSA) is 85.2 Å². The van der Waals surface area contributed by atoms with E-state index in [0.717, 1.165) is 55.2 Å². The summed E-state index contributed by atoms with van der Waals surface area (Å²) in [5, 5.41) is 11.7. The molecule has 5 heterocycles. The lowest BCUT2D eigenvalue weighted by Crippen LogP contribution is -2.58. The number of pyridine rings is 1. The molecule has 3 aliphatic heterocycles. The van der Waals surface area contributed by atoms with Gasteiger partial charge in [-0.15, -0.1) is 5.10 Å². The second-order valence-corrected chi connectivity index (χ2v) is 8.61. The van der Waals surface area contributed by atoms with Gasteiger partial charge in [0.15, 0.2) is 0 Å². The molecule has 1 amide bonds. The summed E-state index contributed by atoms with van der Waals surface area (Å²) in [6.45, 7) is 3.11. The molecule has 2 aromatic heterocycles. The minimum atomic E-state index is 0.0366. The number of aromatic nitrogens is 4. The molecule has 32 heavy (non-hydrogen) atoms. The highest BCUT2D eigenvalue weighted by molar-refractivity contribution is 5.79. The molecule has 166 valence electrons. The number of ether oxygens (including phenoxy) is 1. The number of nitrogens with one attached hydrogen (secondary N) is 1. The third-order valence-corrected chi connectivity index (χ3v) is 6.72. The van der Waals surface area contributed by atoms with E-state index in [1.807, 2.05) is 53.3 Å². The van der Waals surface area contributed by atoms with Gasteiger partial charge in [0.05, 0.1) is 31.5 Å².